The molecule has 1 rings (SSSR count). The lowest BCUT2D eigenvalue weighted by Gasteiger charge is -1.97. The number of ether oxygens (including phenoxy) is 1. The van der Waals surface area contributed by atoms with Crippen molar-refractivity contribution in [3.05, 3.63) is 34.9 Å². The molecule has 0 radical (unpaired) electrons. The molecule has 0 unspecified atom stereocenters. The fraction of sp³-hybridized carbons (Fsp3) is 0.286. The second-order valence-electron chi connectivity index (χ2n) is 3.44. The summed E-state index contributed by atoms with van der Waals surface area (Å²) < 4.78 is 4.75. The first-order valence-electron chi connectivity index (χ1n) is 5.32. The molecule has 1 aromatic carbocycles. The van der Waals surface area contributed by atoms with Crippen LogP contribution in [0.1, 0.15) is 30.0 Å². The number of hydrogen-bond acceptors (Lipinski definition) is 3. The fourth-order valence-electron chi connectivity index (χ4n) is 1.28. The Morgan fingerprint density at radius 2 is 2.18 bits per heavy atom. The van der Waals surface area contributed by atoms with Crippen LogP contribution >= 0.6 is 0 Å². The van der Waals surface area contributed by atoms with E-state index in [0.717, 1.165) is 5.56 Å². The predicted molar refractivity (Wildman–Crippen MR) is 64.0 cm³/mol. The van der Waals surface area contributed by atoms with Crippen LogP contribution < -0.4 is 0 Å². The van der Waals surface area contributed by atoms with Crippen molar-refractivity contribution in [1.29, 1.82) is 5.26 Å². The van der Waals surface area contributed by atoms with Crippen molar-refractivity contribution in [2.75, 3.05) is 6.61 Å². The van der Waals surface area contributed by atoms with Gasteiger partial charge >= 0.3 is 5.97 Å². The van der Waals surface area contributed by atoms with Crippen LogP contribution in [0.15, 0.2) is 18.2 Å². The molecule has 0 saturated heterocycles. The molecule has 0 aliphatic carbocycles. The lowest BCUT2D eigenvalue weighted by atomic mass is 10.1. The van der Waals surface area contributed by atoms with E-state index < -0.39 is 0 Å². The number of aryl methyl sites for hydroxylation is 1. The minimum atomic E-state index is -0.342. The monoisotopic (exact) mass is 227 g/mol. The van der Waals surface area contributed by atoms with Gasteiger partial charge < -0.3 is 4.74 Å². The molecule has 1 aromatic rings. The van der Waals surface area contributed by atoms with Gasteiger partial charge in [0.25, 0.3) is 0 Å². The first kappa shape index (κ1) is 12.8. The summed E-state index contributed by atoms with van der Waals surface area (Å²) in [7, 11) is 0. The highest BCUT2D eigenvalue weighted by atomic mass is 16.5. The van der Waals surface area contributed by atoms with E-state index in [2.05, 4.69) is 17.9 Å². The Balaban J connectivity index is 2.79. The highest BCUT2D eigenvalue weighted by Crippen LogP contribution is 2.09. The van der Waals surface area contributed by atoms with E-state index in [9.17, 15) is 4.79 Å². The van der Waals surface area contributed by atoms with Crippen LogP contribution in [0.4, 0.5) is 0 Å². The summed E-state index contributed by atoms with van der Waals surface area (Å²) in [5.74, 6) is 5.17. The molecule has 0 fully saturated rings. The van der Waals surface area contributed by atoms with Gasteiger partial charge in [-0.1, -0.05) is 17.9 Å². The summed E-state index contributed by atoms with van der Waals surface area (Å²) >= 11 is 0. The van der Waals surface area contributed by atoms with Crippen LogP contribution in [0.3, 0.4) is 0 Å². The Bertz CT molecular complexity index is 515. The van der Waals surface area contributed by atoms with Gasteiger partial charge in [-0.25, -0.2) is 0 Å². The number of esters is 1. The van der Waals surface area contributed by atoms with Gasteiger partial charge in [0.15, 0.2) is 0 Å². The van der Waals surface area contributed by atoms with E-state index in [-0.39, 0.29) is 12.4 Å². The van der Waals surface area contributed by atoms with Crippen LogP contribution in [-0.4, -0.2) is 12.6 Å². The second-order valence-corrected chi connectivity index (χ2v) is 3.44. The third kappa shape index (κ3) is 4.01. The van der Waals surface area contributed by atoms with Gasteiger partial charge in [0.05, 0.1) is 12.2 Å². The Hall–Kier alpha value is -2.26. The summed E-state index contributed by atoms with van der Waals surface area (Å²) in [6.45, 7) is 4.02. The SMILES string of the molecule is CCOC(=O)CC#Cc1ccc(C)cc1C#N. The molecule has 3 heteroatoms. The maximum absolute atomic E-state index is 11.1. The van der Waals surface area contributed by atoms with Crippen molar-refractivity contribution < 1.29 is 9.53 Å². The Kier molecular flexibility index (Phi) is 4.78. The number of benzene rings is 1. The van der Waals surface area contributed by atoms with Crippen LogP contribution in [0.2, 0.25) is 0 Å². The summed E-state index contributed by atoms with van der Waals surface area (Å²) in [6, 6.07) is 7.52. The zero-order chi connectivity index (χ0) is 12.7. The zero-order valence-corrected chi connectivity index (χ0v) is 9.91. The standard InChI is InChI=1S/C14H13NO2/c1-3-17-14(16)6-4-5-12-8-7-11(2)9-13(12)10-15/h7-9H,3,6H2,1-2H3. The van der Waals surface area contributed by atoms with E-state index in [4.69, 9.17) is 10.00 Å². The van der Waals surface area contributed by atoms with Crippen molar-refractivity contribution in [3.63, 3.8) is 0 Å². The predicted octanol–water partition coefficient (Wildman–Crippen LogP) is 2.17. The van der Waals surface area contributed by atoms with Crippen molar-refractivity contribution in [2.45, 2.75) is 20.3 Å². The van der Waals surface area contributed by atoms with E-state index in [1.165, 1.54) is 0 Å². The van der Waals surface area contributed by atoms with Crippen LogP contribution in [-0.2, 0) is 9.53 Å². The van der Waals surface area contributed by atoms with Gasteiger partial charge in [-0.3, -0.25) is 4.79 Å². The number of rotatable bonds is 2. The van der Waals surface area contributed by atoms with E-state index in [0.29, 0.717) is 17.7 Å². The maximum atomic E-state index is 11.1. The average molecular weight is 227 g/mol. The second kappa shape index (κ2) is 6.35. The Morgan fingerprint density at radius 3 is 2.82 bits per heavy atom. The molecule has 3 nitrogen and oxygen atoms in total. The average Bonchev–Trinajstić information content (AvgIpc) is 2.31. The van der Waals surface area contributed by atoms with Crippen molar-refractivity contribution in [2.24, 2.45) is 0 Å². The number of nitrogens with zero attached hydrogens (tertiary/aromatic N) is 1. The minimum absolute atomic E-state index is 0.0482. The molecular weight excluding hydrogens is 214 g/mol. The van der Waals surface area contributed by atoms with Crippen LogP contribution in [0.25, 0.3) is 0 Å². The Labute approximate surface area is 101 Å². The molecule has 0 amide bonds. The lowest BCUT2D eigenvalue weighted by molar-refractivity contribution is -0.141. The van der Waals surface area contributed by atoms with Gasteiger partial charge in [-0.2, -0.15) is 5.26 Å². The molecule has 0 aliphatic rings. The Morgan fingerprint density at radius 1 is 1.41 bits per heavy atom. The summed E-state index contributed by atoms with van der Waals surface area (Å²) in [6.07, 6.45) is 0.0482. The van der Waals surface area contributed by atoms with Gasteiger partial charge in [-0.05, 0) is 31.5 Å². The van der Waals surface area contributed by atoms with Gasteiger partial charge in [0, 0.05) is 5.56 Å². The van der Waals surface area contributed by atoms with Gasteiger partial charge in [-0.15, -0.1) is 0 Å². The van der Waals surface area contributed by atoms with E-state index in [1.807, 2.05) is 13.0 Å². The zero-order valence-electron chi connectivity index (χ0n) is 9.91. The van der Waals surface area contributed by atoms with Crippen molar-refractivity contribution >= 4 is 5.97 Å². The molecular formula is C14H13NO2. The van der Waals surface area contributed by atoms with Crippen molar-refractivity contribution in [1.82, 2.24) is 0 Å². The van der Waals surface area contributed by atoms with Crippen molar-refractivity contribution in [3.8, 4) is 17.9 Å². The molecule has 0 atom stereocenters. The summed E-state index contributed by atoms with van der Waals surface area (Å²) in [5, 5.41) is 8.93. The molecule has 0 saturated carbocycles. The van der Waals surface area contributed by atoms with Crippen LogP contribution in [0, 0.1) is 30.1 Å². The highest BCUT2D eigenvalue weighted by molar-refractivity contribution is 5.72. The fourth-order valence-corrected chi connectivity index (χ4v) is 1.28. The largest absolute Gasteiger partial charge is 0.465 e. The molecule has 0 aromatic heterocycles. The highest BCUT2D eigenvalue weighted by Gasteiger charge is 2.00. The van der Waals surface area contributed by atoms with Gasteiger partial charge in [0.2, 0.25) is 0 Å². The maximum Gasteiger partial charge on any atom is 0.317 e. The quantitative estimate of drug-likeness (QED) is 0.574. The third-order valence-corrected chi connectivity index (χ3v) is 2.06. The van der Waals surface area contributed by atoms with Gasteiger partial charge in [0.1, 0.15) is 12.5 Å². The molecule has 86 valence electrons. The van der Waals surface area contributed by atoms with E-state index >= 15 is 0 Å². The lowest BCUT2D eigenvalue weighted by Crippen LogP contribution is -2.01. The summed E-state index contributed by atoms with van der Waals surface area (Å²) in [4.78, 5) is 11.1. The molecule has 0 bridgehead atoms. The van der Waals surface area contributed by atoms with E-state index in [1.54, 1.807) is 19.1 Å². The number of hydrogen-bond donors (Lipinski definition) is 0. The first-order chi connectivity index (χ1) is 8.17. The molecule has 0 heterocycles. The number of nitriles is 1. The number of carbonyl (C=O) groups excluding carboxylic acids is 1. The molecule has 17 heavy (non-hydrogen) atoms. The molecule has 0 aliphatic heterocycles. The summed E-state index contributed by atoms with van der Waals surface area (Å²) in [5.41, 5.74) is 2.18. The minimum Gasteiger partial charge on any atom is -0.465 e. The third-order valence-electron chi connectivity index (χ3n) is 2.06. The normalized spacial score (nSPS) is 8.76. The molecule has 0 spiro atoms. The topological polar surface area (TPSA) is 50.1 Å². The molecule has 0 N–H and O–H groups in total. The smallest absolute Gasteiger partial charge is 0.317 e. The first-order valence-corrected chi connectivity index (χ1v) is 5.32. The van der Waals surface area contributed by atoms with Crippen LogP contribution in [0.5, 0.6) is 0 Å². The number of carbonyl (C=O) groups is 1.